The predicted octanol–water partition coefficient (Wildman–Crippen LogP) is -4.42. The molecule has 2 heterocycles. The van der Waals surface area contributed by atoms with Gasteiger partial charge >= 0.3 is 5.97 Å². The molecule has 0 spiro atoms. The van der Waals surface area contributed by atoms with Gasteiger partial charge in [-0.15, -0.1) is 0 Å². The Balaban J connectivity index is 1.67. The number of aliphatic hydroxyl groups is 7. The molecule has 15 heteroatoms. The normalized spacial score (nSPS) is 38.4. The molecule has 2 saturated heterocycles. The van der Waals surface area contributed by atoms with Gasteiger partial charge in [-0.2, -0.15) is 0 Å². The summed E-state index contributed by atoms with van der Waals surface area (Å²) in [6, 6.07) is 1.52. The number of aliphatic hydroxyl groups excluding tert-OH is 7. The van der Waals surface area contributed by atoms with Gasteiger partial charge in [0.2, 0.25) is 6.29 Å². The van der Waals surface area contributed by atoms with E-state index in [-0.39, 0.29) is 0 Å². The van der Waals surface area contributed by atoms with Crippen molar-refractivity contribution in [3.63, 3.8) is 0 Å². The van der Waals surface area contributed by atoms with E-state index in [0.717, 1.165) is 12.1 Å². The number of benzene rings is 1. The molecule has 0 bridgehead atoms. The Labute approximate surface area is 191 Å². The highest BCUT2D eigenvalue weighted by atomic mass is 16.7. The molecule has 1 aromatic carbocycles. The van der Waals surface area contributed by atoms with Crippen LogP contribution < -0.4 is 0 Å². The van der Waals surface area contributed by atoms with Crippen LogP contribution in [0.4, 0.5) is 0 Å². The number of ether oxygens (including phenoxy) is 4. The number of phenolic OH excluding ortho intramolecular Hbond substituents is 3. The van der Waals surface area contributed by atoms with Crippen LogP contribution in [0.2, 0.25) is 0 Å². The lowest BCUT2D eigenvalue weighted by Gasteiger charge is -2.42. The molecule has 34 heavy (non-hydrogen) atoms. The molecule has 0 radical (unpaired) electrons. The van der Waals surface area contributed by atoms with Gasteiger partial charge in [0.05, 0.1) is 18.8 Å². The first-order valence-electron chi connectivity index (χ1n) is 10.0. The third-order valence-electron chi connectivity index (χ3n) is 5.47. The molecule has 15 nitrogen and oxygen atoms in total. The molecule has 0 aromatic heterocycles. The maximum Gasteiger partial charge on any atom is 0.340 e. The molecular weight excluding hydrogens is 468 g/mol. The van der Waals surface area contributed by atoms with Crippen molar-refractivity contribution in [2.45, 2.75) is 61.4 Å². The fourth-order valence-electron chi connectivity index (χ4n) is 3.44. The van der Waals surface area contributed by atoms with Crippen LogP contribution in [0.3, 0.4) is 0 Å². The van der Waals surface area contributed by atoms with Crippen LogP contribution in [0, 0.1) is 0 Å². The summed E-state index contributed by atoms with van der Waals surface area (Å²) in [6.45, 7) is -1.35. The second kappa shape index (κ2) is 10.5. The highest BCUT2D eigenvalue weighted by Gasteiger charge is 2.48. The predicted molar refractivity (Wildman–Crippen MR) is 103 cm³/mol. The lowest BCUT2D eigenvalue weighted by molar-refractivity contribution is -0.325. The molecule has 10 atom stereocenters. The van der Waals surface area contributed by atoms with Crippen molar-refractivity contribution in [2.75, 3.05) is 13.2 Å². The zero-order valence-electron chi connectivity index (χ0n) is 17.4. The number of carbonyl (C=O) groups excluding carboxylic acids is 1. The zero-order valence-corrected chi connectivity index (χ0v) is 17.4. The smallest absolute Gasteiger partial charge is 0.340 e. The zero-order chi connectivity index (χ0) is 25.3. The number of aromatic hydroxyl groups is 3. The number of esters is 1. The van der Waals surface area contributed by atoms with Crippen molar-refractivity contribution in [3.05, 3.63) is 17.7 Å². The summed E-state index contributed by atoms with van der Waals surface area (Å²) in [5, 5.41) is 97.6. The minimum atomic E-state index is -1.93. The van der Waals surface area contributed by atoms with E-state index in [4.69, 9.17) is 18.9 Å². The topological polar surface area (TPSA) is 256 Å². The Hall–Kier alpha value is -2.31. The Morgan fingerprint density at radius 2 is 1.26 bits per heavy atom. The lowest BCUT2D eigenvalue weighted by atomic mass is 9.98. The molecule has 3 rings (SSSR count). The average Bonchev–Trinajstić information content (AvgIpc) is 2.81. The van der Waals surface area contributed by atoms with Gasteiger partial charge in [0, 0.05) is 0 Å². The molecule has 192 valence electrons. The highest BCUT2D eigenvalue weighted by Crippen LogP contribution is 2.36. The van der Waals surface area contributed by atoms with Crippen LogP contribution in [0.25, 0.3) is 0 Å². The van der Waals surface area contributed by atoms with Crippen LogP contribution in [-0.2, 0) is 18.9 Å². The van der Waals surface area contributed by atoms with Crippen LogP contribution in [0.5, 0.6) is 17.2 Å². The van der Waals surface area contributed by atoms with E-state index in [0.29, 0.717) is 0 Å². The number of rotatable bonds is 6. The van der Waals surface area contributed by atoms with E-state index in [1.54, 1.807) is 0 Å². The van der Waals surface area contributed by atoms with Crippen molar-refractivity contribution >= 4 is 5.97 Å². The summed E-state index contributed by atoms with van der Waals surface area (Å²) in [7, 11) is 0. The van der Waals surface area contributed by atoms with Gasteiger partial charge in [0.1, 0.15) is 48.8 Å². The van der Waals surface area contributed by atoms with Gasteiger partial charge in [0.15, 0.2) is 23.5 Å². The molecule has 0 amide bonds. The largest absolute Gasteiger partial charge is 0.504 e. The SMILES string of the molecule is O=C(O[C@@H]1O[C@H](CO[C@@H]2O[C@H](CO)[C@@H](O)[C@H](O)[C@H]2O)[C@@H](O)[C@H](O)[C@H]1O)c1cc(O)c(O)c(O)c1. The molecule has 1 aromatic rings. The third kappa shape index (κ3) is 5.18. The molecule has 2 aliphatic rings. The fourth-order valence-corrected chi connectivity index (χ4v) is 3.44. The molecule has 0 unspecified atom stereocenters. The summed E-state index contributed by atoms with van der Waals surface area (Å²) in [5.41, 5.74) is -0.446. The average molecular weight is 494 g/mol. The fraction of sp³-hybridized carbons (Fsp3) is 0.632. The van der Waals surface area contributed by atoms with E-state index in [2.05, 4.69) is 0 Å². The first-order chi connectivity index (χ1) is 16.0. The van der Waals surface area contributed by atoms with Crippen molar-refractivity contribution in [3.8, 4) is 17.2 Å². The second-order valence-corrected chi connectivity index (χ2v) is 7.81. The minimum absolute atomic E-state index is 0.446. The first kappa shape index (κ1) is 26.3. The molecule has 2 fully saturated rings. The van der Waals surface area contributed by atoms with Crippen molar-refractivity contribution < 1.29 is 74.8 Å². The molecule has 0 aliphatic carbocycles. The van der Waals surface area contributed by atoms with E-state index >= 15 is 0 Å². The molecular formula is C19H26O15. The maximum atomic E-state index is 12.3. The van der Waals surface area contributed by atoms with Gasteiger partial charge in [-0.1, -0.05) is 0 Å². The minimum Gasteiger partial charge on any atom is -0.504 e. The Morgan fingerprint density at radius 1 is 0.765 bits per heavy atom. The van der Waals surface area contributed by atoms with Gasteiger partial charge in [-0.25, -0.2) is 4.79 Å². The van der Waals surface area contributed by atoms with E-state index in [9.17, 15) is 55.9 Å². The van der Waals surface area contributed by atoms with Crippen LogP contribution in [-0.4, -0.2) is 132 Å². The summed E-state index contributed by atoms with van der Waals surface area (Å²) >= 11 is 0. The maximum absolute atomic E-state index is 12.3. The van der Waals surface area contributed by atoms with Gasteiger partial charge < -0.3 is 70.0 Å². The number of hydrogen-bond acceptors (Lipinski definition) is 15. The number of carbonyl (C=O) groups is 1. The Kier molecular flexibility index (Phi) is 8.14. The van der Waals surface area contributed by atoms with Gasteiger partial charge in [-0.3, -0.25) is 0 Å². The number of phenols is 3. The Bertz CT molecular complexity index is 839. The monoisotopic (exact) mass is 494 g/mol. The summed E-state index contributed by atoms with van der Waals surface area (Å²) in [6.07, 6.45) is -16.9. The molecule has 2 aliphatic heterocycles. The van der Waals surface area contributed by atoms with E-state index in [1.807, 2.05) is 0 Å². The first-order valence-corrected chi connectivity index (χ1v) is 10.0. The van der Waals surface area contributed by atoms with Crippen LogP contribution in [0.15, 0.2) is 12.1 Å². The van der Waals surface area contributed by atoms with Crippen LogP contribution >= 0.6 is 0 Å². The van der Waals surface area contributed by atoms with E-state index < -0.39 is 103 Å². The quantitative estimate of drug-likeness (QED) is 0.132. The van der Waals surface area contributed by atoms with Crippen molar-refractivity contribution in [2.24, 2.45) is 0 Å². The standard InChI is InChI=1S/C19H26O15/c20-3-8-11(24)13(26)15(28)18(32-8)31-4-9-12(25)14(27)16(29)19(33-9)34-17(30)5-1-6(21)10(23)7(22)2-5/h1-2,8-9,11-16,18-29H,3-4H2/t8-,9-,11-,12-,13+,14+,15-,16-,18-,19+/m1/s1. The third-order valence-corrected chi connectivity index (χ3v) is 5.47. The van der Waals surface area contributed by atoms with Crippen LogP contribution in [0.1, 0.15) is 10.4 Å². The Morgan fingerprint density at radius 3 is 1.82 bits per heavy atom. The summed E-state index contributed by atoms with van der Waals surface area (Å²) in [4.78, 5) is 12.3. The van der Waals surface area contributed by atoms with Gasteiger partial charge in [0.25, 0.3) is 0 Å². The highest BCUT2D eigenvalue weighted by molar-refractivity contribution is 5.91. The van der Waals surface area contributed by atoms with Crippen molar-refractivity contribution in [1.82, 2.24) is 0 Å². The van der Waals surface area contributed by atoms with E-state index in [1.165, 1.54) is 0 Å². The summed E-state index contributed by atoms with van der Waals surface area (Å²) in [5.74, 6) is -3.79. The van der Waals surface area contributed by atoms with Gasteiger partial charge in [-0.05, 0) is 12.1 Å². The van der Waals surface area contributed by atoms with Crippen molar-refractivity contribution in [1.29, 1.82) is 0 Å². The molecule has 10 N–H and O–H groups in total. The second-order valence-electron chi connectivity index (χ2n) is 7.81. The lowest BCUT2D eigenvalue weighted by Crippen LogP contribution is -2.61. The summed E-state index contributed by atoms with van der Waals surface area (Å²) < 4.78 is 20.6. The molecule has 0 saturated carbocycles. The number of hydrogen-bond donors (Lipinski definition) is 10.